The van der Waals surface area contributed by atoms with E-state index in [0.29, 0.717) is 10.6 Å². The number of carbonyl (C=O) groups excluding carboxylic acids is 4. The molecule has 2 aliphatic heterocycles. The summed E-state index contributed by atoms with van der Waals surface area (Å²) in [5.74, 6) is -4.53. The first-order valence-electron chi connectivity index (χ1n) is 11.4. The monoisotopic (exact) mass is 485 g/mol. The summed E-state index contributed by atoms with van der Waals surface area (Å²) in [5, 5.41) is 0.334. The van der Waals surface area contributed by atoms with Gasteiger partial charge in [-0.1, -0.05) is 83.9 Å². The summed E-state index contributed by atoms with van der Waals surface area (Å²) in [6, 6.07) is 20.8. The van der Waals surface area contributed by atoms with Crippen molar-refractivity contribution >= 4 is 35.0 Å². The molecule has 0 N–H and O–H groups in total. The molecule has 0 bridgehead atoms. The van der Waals surface area contributed by atoms with Gasteiger partial charge in [0.15, 0.2) is 0 Å². The summed E-state index contributed by atoms with van der Waals surface area (Å²) in [5.41, 5.74) is 0.606. The molecule has 0 unspecified atom stereocenters. The molecule has 7 heteroatoms. The minimum Gasteiger partial charge on any atom is -0.349 e. The number of rotatable bonds is 3. The maximum absolute atomic E-state index is 13.8. The average molecular weight is 486 g/mol. The average Bonchev–Trinajstić information content (AvgIpc) is 3.42. The van der Waals surface area contributed by atoms with Crippen LogP contribution in [0.4, 0.5) is 0 Å². The third-order valence-corrected chi connectivity index (χ3v) is 7.63. The summed E-state index contributed by atoms with van der Waals surface area (Å²) in [4.78, 5) is 56.2. The van der Waals surface area contributed by atoms with Crippen LogP contribution in [0.3, 0.4) is 0 Å². The van der Waals surface area contributed by atoms with E-state index in [1.807, 2.05) is 31.2 Å². The zero-order valence-electron chi connectivity index (χ0n) is 18.7. The van der Waals surface area contributed by atoms with Crippen molar-refractivity contribution < 1.29 is 23.9 Å². The molecule has 3 aromatic rings. The predicted molar refractivity (Wildman–Crippen MR) is 127 cm³/mol. The Labute approximate surface area is 206 Å². The minimum atomic E-state index is -2.09. The van der Waals surface area contributed by atoms with Crippen LogP contribution < -0.4 is 0 Å². The lowest BCUT2D eigenvalue weighted by molar-refractivity contribution is -0.145. The number of fused-ring (bicyclic) bond motifs is 3. The number of nitrogens with zero attached hydrogens (tertiary/aromatic N) is 1. The fourth-order valence-electron chi connectivity index (χ4n) is 5.60. The topological polar surface area (TPSA) is 80.8 Å². The van der Waals surface area contributed by atoms with E-state index < -0.39 is 46.9 Å². The highest BCUT2D eigenvalue weighted by molar-refractivity contribution is 6.35. The lowest BCUT2D eigenvalue weighted by Crippen LogP contribution is -2.50. The maximum atomic E-state index is 13.8. The Balaban J connectivity index is 1.49. The molecule has 2 amide bonds. The zero-order chi connectivity index (χ0) is 24.5. The van der Waals surface area contributed by atoms with Gasteiger partial charge in [-0.15, -0.1) is 0 Å². The molecule has 0 saturated carbocycles. The molecular weight excluding hydrogens is 466 g/mol. The molecule has 0 aromatic heterocycles. The van der Waals surface area contributed by atoms with Crippen LogP contribution in [0.1, 0.15) is 43.5 Å². The van der Waals surface area contributed by atoms with Crippen LogP contribution in [0, 0.1) is 18.8 Å². The van der Waals surface area contributed by atoms with Gasteiger partial charge in [0.05, 0.1) is 24.5 Å². The molecule has 3 atom stereocenters. The third-order valence-electron chi connectivity index (χ3n) is 7.28. The molecule has 3 aromatic carbocycles. The largest absolute Gasteiger partial charge is 0.349 e. The number of Topliss-reactive ketones (excluding diaryl/α,β-unsaturated/α-hetero) is 2. The lowest BCUT2D eigenvalue weighted by atomic mass is 9.77. The van der Waals surface area contributed by atoms with Gasteiger partial charge < -0.3 is 4.74 Å². The number of carbonyl (C=O) groups is 4. The SMILES string of the molecule is Cc1ccc(CN2C(=O)[C@@H]3[C@@H](c4ccccc4Cl)OC4(C(=O)c5ccccc5C4=O)[C@H]3C2=O)cc1. The van der Waals surface area contributed by atoms with Crippen LogP contribution in [0.5, 0.6) is 0 Å². The Morgan fingerprint density at radius 3 is 2.06 bits per heavy atom. The van der Waals surface area contributed by atoms with E-state index in [1.54, 1.807) is 48.5 Å². The van der Waals surface area contributed by atoms with Crippen LogP contribution in [-0.2, 0) is 20.9 Å². The molecule has 174 valence electrons. The summed E-state index contributed by atoms with van der Waals surface area (Å²) in [6.45, 7) is 2.00. The number of amides is 2. The Morgan fingerprint density at radius 1 is 0.829 bits per heavy atom. The smallest absolute Gasteiger partial charge is 0.237 e. The highest BCUT2D eigenvalue weighted by Crippen LogP contribution is 2.58. The van der Waals surface area contributed by atoms with Crippen molar-refractivity contribution in [2.45, 2.75) is 25.2 Å². The Kier molecular flexibility index (Phi) is 4.82. The van der Waals surface area contributed by atoms with Gasteiger partial charge in [-0.2, -0.15) is 0 Å². The lowest BCUT2D eigenvalue weighted by Gasteiger charge is -2.27. The van der Waals surface area contributed by atoms with Crippen LogP contribution in [-0.4, -0.2) is 33.9 Å². The molecule has 1 aliphatic carbocycles. The van der Waals surface area contributed by atoms with Crippen molar-refractivity contribution in [3.63, 3.8) is 0 Å². The number of hydrogen-bond acceptors (Lipinski definition) is 5. The summed E-state index contributed by atoms with van der Waals surface area (Å²) < 4.78 is 6.25. The molecule has 0 radical (unpaired) electrons. The quantitative estimate of drug-likeness (QED) is 0.407. The van der Waals surface area contributed by atoms with Crippen LogP contribution in [0.25, 0.3) is 0 Å². The minimum absolute atomic E-state index is 0.0472. The van der Waals surface area contributed by atoms with Gasteiger partial charge in [0.25, 0.3) is 0 Å². The summed E-state index contributed by atoms with van der Waals surface area (Å²) in [7, 11) is 0. The standard InChI is InChI=1S/C28H20ClNO5/c1-15-10-12-16(13-11-15)14-30-26(33)21-22(27(30)34)28(35-23(21)19-8-4-5-9-20(19)29)24(31)17-6-2-3-7-18(17)25(28)32/h2-13,21-23H,14H2,1H3/t21-,22+,23+/m0/s1. The van der Waals surface area contributed by atoms with Gasteiger partial charge in [-0.05, 0) is 18.6 Å². The van der Waals surface area contributed by atoms with E-state index in [2.05, 4.69) is 0 Å². The zero-order valence-corrected chi connectivity index (χ0v) is 19.5. The maximum Gasteiger partial charge on any atom is 0.237 e. The van der Waals surface area contributed by atoms with Crippen LogP contribution >= 0.6 is 11.6 Å². The van der Waals surface area contributed by atoms with Crippen LogP contribution in [0.2, 0.25) is 5.02 Å². The first-order chi connectivity index (χ1) is 16.8. The van der Waals surface area contributed by atoms with Gasteiger partial charge in [0, 0.05) is 21.7 Å². The van der Waals surface area contributed by atoms with Crippen molar-refractivity contribution in [1.82, 2.24) is 4.90 Å². The fourth-order valence-corrected chi connectivity index (χ4v) is 5.84. The second-order valence-corrected chi connectivity index (χ2v) is 9.66. The van der Waals surface area contributed by atoms with Crippen molar-refractivity contribution in [2.24, 2.45) is 11.8 Å². The Morgan fingerprint density at radius 2 is 1.43 bits per heavy atom. The summed E-state index contributed by atoms with van der Waals surface area (Å²) >= 11 is 6.46. The second kappa shape index (κ2) is 7.70. The molecule has 1 spiro atoms. The van der Waals surface area contributed by atoms with E-state index in [-0.39, 0.29) is 17.7 Å². The van der Waals surface area contributed by atoms with Crippen molar-refractivity contribution in [3.05, 3.63) is 106 Å². The van der Waals surface area contributed by atoms with Gasteiger partial charge in [0.2, 0.25) is 29.0 Å². The molecule has 3 aliphatic rings. The molecule has 6 nitrogen and oxygen atoms in total. The van der Waals surface area contributed by atoms with Gasteiger partial charge in [0.1, 0.15) is 0 Å². The predicted octanol–water partition coefficient (Wildman–Crippen LogP) is 4.34. The molecule has 2 heterocycles. The van der Waals surface area contributed by atoms with E-state index in [9.17, 15) is 19.2 Å². The highest BCUT2D eigenvalue weighted by atomic mass is 35.5. The van der Waals surface area contributed by atoms with E-state index in [4.69, 9.17) is 16.3 Å². The number of aryl methyl sites for hydroxylation is 1. The van der Waals surface area contributed by atoms with Gasteiger partial charge in [-0.3, -0.25) is 24.1 Å². The number of ether oxygens (including phenoxy) is 1. The first-order valence-corrected chi connectivity index (χ1v) is 11.7. The molecule has 6 rings (SSSR count). The van der Waals surface area contributed by atoms with Crippen molar-refractivity contribution in [3.8, 4) is 0 Å². The van der Waals surface area contributed by atoms with E-state index >= 15 is 0 Å². The van der Waals surface area contributed by atoms with Crippen molar-refractivity contribution in [1.29, 1.82) is 0 Å². The number of ketones is 2. The molecular formula is C28H20ClNO5. The molecule has 35 heavy (non-hydrogen) atoms. The van der Waals surface area contributed by atoms with E-state index in [0.717, 1.165) is 16.0 Å². The molecule has 2 fully saturated rings. The summed E-state index contributed by atoms with van der Waals surface area (Å²) in [6.07, 6.45) is -1.02. The number of hydrogen-bond donors (Lipinski definition) is 0. The second-order valence-electron chi connectivity index (χ2n) is 9.25. The Bertz CT molecular complexity index is 1390. The third kappa shape index (κ3) is 2.93. The number of halogens is 1. The van der Waals surface area contributed by atoms with Gasteiger partial charge >= 0.3 is 0 Å². The van der Waals surface area contributed by atoms with Crippen molar-refractivity contribution in [2.75, 3.05) is 0 Å². The fraction of sp³-hybridized carbons (Fsp3) is 0.214. The van der Waals surface area contributed by atoms with Crippen LogP contribution in [0.15, 0.2) is 72.8 Å². The number of imide groups is 1. The molecule has 2 saturated heterocycles. The first kappa shape index (κ1) is 21.9. The number of benzene rings is 3. The van der Waals surface area contributed by atoms with Gasteiger partial charge in [-0.25, -0.2) is 0 Å². The highest BCUT2D eigenvalue weighted by Gasteiger charge is 2.74. The number of likely N-dealkylation sites (tertiary alicyclic amines) is 1. The normalized spacial score (nSPS) is 24.4. The van der Waals surface area contributed by atoms with E-state index in [1.165, 1.54) is 0 Å². The Hall–Kier alpha value is -3.61.